The van der Waals surface area contributed by atoms with Crippen molar-refractivity contribution in [3.8, 4) is 5.69 Å². The number of fused-ring (bicyclic) bond motifs is 3. The van der Waals surface area contributed by atoms with E-state index in [1.54, 1.807) is 48.5 Å². The van der Waals surface area contributed by atoms with Crippen LogP contribution in [0.15, 0.2) is 59.4 Å². The van der Waals surface area contributed by atoms with Gasteiger partial charge in [0.1, 0.15) is 0 Å². The molecular weight excluding hydrogens is 392 g/mol. The summed E-state index contributed by atoms with van der Waals surface area (Å²) in [5.74, 6) is 1.09. The summed E-state index contributed by atoms with van der Waals surface area (Å²) in [6.45, 7) is 0. The highest BCUT2D eigenvalue weighted by atomic mass is 16.2. The quantitative estimate of drug-likeness (QED) is 0.640. The first-order valence-corrected chi connectivity index (χ1v) is 10.8. The zero-order valence-electron chi connectivity index (χ0n) is 17.1. The second-order valence-corrected chi connectivity index (χ2v) is 8.59. The van der Waals surface area contributed by atoms with Crippen molar-refractivity contribution in [1.29, 1.82) is 0 Å². The van der Waals surface area contributed by atoms with Crippen LogP contribution >= 0.6 is 0 Å². The molecule has 5 rings (SSSR count). The molecule has 0 radical (unpaired) electrons. The summed E-state index contributed by atoms with van der Waals surface area (Å²) in [6, 6.07) is 15.8. The first-order valence-electron chi connectivity index (χ1n) is 10.8. The van der Waals surface area contributed by atoms with Gasteiger partial charge in [-0.3, -0.25) is 25.2 Å². The van der Waals surface area contributed by atoms with Gasteiger partial charge in [-0.05, 0) is 55.2 Å². The van der Waals surface area contributed by atoms with Crippen LogP contribution in [0.1, 0.15) is 42.6 Å². The van der Waals surface area contributed by atoms with Gasteiger partial charge >= 0.3 is 0 Å². The number of hydrazine groups is 1. The number of nitrogens with one attached hydrogen (secondary N) is 2. The fourth-order valence-electron chi connectivity index (χ4n) is 5.20. The first kappa shape index (κ1) is 19.5. The Morgan fingerprint density at radius 3 is 2.39 bits per heavy atom. The molecule has 1 aromatic heterocycles. The molecule has 31 heavy (non-hydrogen) atoms. The molecular formula is C24H24N4O3. The maximum atomic E-state index is 12.9. The maximum Gasteiger partial charge on any atom is 0.290 e. The lowest BCUT2D eigenvalue weighted by atomic mass is 9.86. The lowest BCUT2D eigenvalue weighted by molar-refractivity contribution is -0.123. The number of carbonyl (C=O) groups is 2. The molecule has 3 atom stereocenters. The van der Waals surface area contributed by atoms with Crippen LogP contribution in [0.2, 0.25) is 0 Å². The minimum absolute atomic E-state index is 0.0827. The number of para-hydroxylation sites is 1. The van der Waals surface area contributed by atoms with Crippen molar-refractivity contribution in [2.24, 2.45) is 17.8 Å². The number of carbonyl (C=O) groups excluding carboxylic acids is 2. The van der Waals surface area contributed by atoms with Crippen LogP contribution in [0.4, 0.5) is 0 Å². The Kier molecular flexibility index (Phi) is 5.02. The molecule has 2 aromatic carbocycles. The van der Waals surface area contributed by atoms with Gasteiger partial charge in [-0.2, -0.15) is 9.78 Å². The van der Waals surface area contributed by atoms with E-state index in [1.165, 1.54) is 23.9 Å². The Hall–Kier alpha value is -3.48. The van der Waals surface area contributed by atoms with E-state index in [1.807, 2.05) is 6.07 Å². The van der Waals surface area contributed by atoms with E-state index in [-0.39, 0.29) is 17.2 Å². The summed E-state index contributed by atoms with van der Waals surface area (Å²) < 4.78 is 1.22. The van der Waals surface area contributed by atoms with E-state index >= 15 is 0 Å². The van der Waals surface area contributed by atoms with Crippen LogP contribution in [0.3, 0.4) is 0 Å². The van der Waals surface area contributed by atoms with Crippen LogP contribution in [0, 0.1) is 17.8 Å². The number of benzene rings is 2. The normalized spacial score (nSPS) is 21.9. The zero-order valence-corrected chi connectivity index (χ0v) is 17.1. The highest BCUT2D eigenvalue weighted by Gasteiger charge is 2.40. The summed E-state index contributed by atoms with van der Waals surface area (Å²) in [5, 5.41) is 5.16. The molecule has 158 valence electrons. The smallest absolute Gasteiger partial charge is 0.273 e. The number of aromatic nitrogens is 2. The van der Waals surface area contributed by atoms with E-state index in [9.17, 15) is 14.4 Å². The summed E-state index contributed by atoms with van der Waals surface area (Å²) in [6.07, 6.45) is 5.28. The van der Waals surface area contributed by atoms with E-state index in [0.29, 0.717) is 34.7 Å². The Morgan fingerprint density at radius 1 is 0.935 bits per heavy atom. The largest absolute Gasteiger partial charge is 0.290 e. The molecule has 2 N–H and O–H groups in total. The molecule has 2 aliphatic rings. The molecule has 1 heterocycles. The highest BCUT2D eigenvalue weighted by molar-refractivity contribution is 6.05. The number of hydrogen-bond acceptors (Lipinski definition) is 4. The summed E-state index contributed by atoms with van der Waals surface area (Å²) in [7, 11) is 0. The van der Waals surface area contributed by atoms with E-state index in [0.717, 1.165) is 12.3 Å². The van der Waals surface area contributed by atoms with Crippen molar-refractivity contribution in [2.75, 3.05) is 0 Å². The van der Waals surface area contributed by atoms with Gasteiger partial charge in [-0.1, -0.05) is 42.8 Å². The number of rotatable bonds is 4. The van der Waals surface area contributed by atoms with Gasteiger partial charge in [0.15, 0.2) is 5.69 Å². The second kappa shape index (κ2) is 7.98. The van der Waals surface area contributed by atoms with E-state index in [2.05, 4.69) is 16.0 Å². The molecule has 2 saturated carbocycles. The predicted molar refractivity (Wildman–Crippen MR) is 117 cm³/mol. The summed E-state index contributed by atoms with van der Waals surface area (Å²) in [5.41, 5.74) is 5.37. The van der Waals surface area contributed by atoms with Crippen molar-refractivity contribution < 1.29 is 9.59 Å². The number of hydrogen-bond donors (Lipinski definition) is 2. The monoisotopic (exact) mass is 416 g/mol. The van der Waals surface area contributed by atoms with Crippen LogP contribution in [0.5, 0.6) is 0 Å². The topological polar surface area (TPSA) is 93.1 Å². The van der Waals surface area contributed by atoms with Gasteiger partial charge in [0.05, 0.1) is 11.1 Å². The lowest BCUT2D eigenvalue weighted by Gasteiger charge is -2.21. The Morgan fingerprint density at radius 2 is 1.68 bits per heavy atom. The number of amides is 2. The molecule has 0 saturated heterocycles. The van der Waals surface area contributed by atoms with Crippen LogP contribution in [-0.4, -0.2) is 21.6 Å². The Labute approximate surface area is 179 Å². The van der Waals surface area contributed by atoms with Crippen molar-refractivity contribution in [3.05, 3.63) is 70.6 Å². The Balaban J connectivity index is 1.37. The molecule has 2 aliphatic carbocycles. The third-order valence-corrected chi connectivity index (χ3v) is 6.67. The van der Waals surface area contributed by atoms with Gasteiger partial charge in [-0.25, -0.2) is 0 Å². The molecule has 0 unspecified atom stereocenters. The lowest BCUT2D eigenvalue weighted by Crippen LogP contribution is -2.43. The average Bonchev–Trinajstić information content (AvgIpc) is 3.42. The third-order valence-electron chi connectivity index (χ3n) is 6.67. The highest BCUT2D eigenvalue weighted by Crippen LogP contribution is 2.49. The fraction of sp³-hybridized carbons (Fsp3) is 0.333. The van der Waals surface area contributed by atoms with Gasteiger partial charge in [0, 0.05) is 11.8 Å². The molecule has 0 aliphatic heterocycles. The van der Waals surface area contributed by atoms with Crippen LogP contribution in [0.25, 0.3) is 16.5 Å². The first-order chi connectivity index (χ1) is 15.1. The molecule has 3 aromatic rings. The van der Waals surface area contributed by atoms with E-state index in [4.69, 9.17) is 0 Å². The zero-order chi connectivity index (χ0) is 21.4. The molecule has 2 fully saturated rings. The van der Waals surface area contributed by atoms with Gasteiger partial charge < -0.3 is 0 Å². The second-order valence-electron chi connectivity index (χ2n) is 8.59. The minimum Gasteiger partial charge on any atom is -0.273 e. The third kappa shape index (κ3) is 3.71. The summed E-state index contributed by atoms with van der Waals surface area (Å²) >= 11 is 0. The predicted octanol–water partition coefficient (Wildman–Crippen LogP) is 2.97. The average molecular weight is 416 g/mol. The van der Waals surface area contributed by atoms with Crippen molar-refractivity contribution in [1.82, 2.24) is 20.6 Å². The minimum atomic E-state index is -0.554. The van der Waals surface area contributed by atoms with Crippen molar-refractivity contribution >= 4 is 22.6 Å². The standard InChI is InChI=1S/C24H24N4O3/c29-21(14-17-13-15-10-11-16(17)12-15)25-26-23(30)22-19-8-4-5-9-20(19)24(31)28(27-22)18-6-2-1-3-7-18/h1-9,15-17H,10-14H2,(H,25,29)(H,26,30)/t15-,16+,17-/m0/s1. The number of nitrogens with zero attached hydrogens (tertiary/aromatic N) is 2. The summed E-state index contributed by atoms with van der Waals surface area (Å²) in [4.78, 5) is 38.3. The van der Waals surface area contributed by atoms with Crippen LogP contribution in [-0.2, 0) is 4.79 Å². The molecule has 2 amide bonds. The molecule has 0 spiro atoms. The SMILES string of the molecule is O=C(C[C@@H]1C[C@H]2CC[C@@H]1C2)NNC(=O)c1nn(-c2ccccc2)c(=O)c2ccccc12. The van der Waals surface area contributed by atoms with Gasteiger partial charge in [0.2, 0.25) is 5.91 Å². The molecule has 2 bridgehead atoms. The van der Waals surface area contributed by atoms with Gasteiger partial charge in [-0.15, -0.1) is 0 Å². The Bertz CT molecular complexity index is 1200. The van der Waals surface area contributed by atoms with E-state index < -0.39 is 5.91 Å². The van der Waals surface area contributed by atoms with Crippen molar-refractivity contribution in [2.45, 2.75) is 32.1 Å². The van der Waals surface area contributed by atoms with Crippen LogP contribution < -0.4 is 16.4 Å². The fourth-order valence-corrected chi connectivity index (χ4v) is 5.20. The molecule has 7 nitrogen and oxygen atoms in total. The van der Waals surface area contributed by atoms with Gasteiger partial charge in [0.25, 0.3) is 11.5 Å². The van der Waals surface area contributed by atoms with Crippen molar-refractivity contribution in [3.63, 3.8) is 0 Å². The molecule has 7 heteroatoms. The maximum absolute atomic E-state index is 12.9.